The maximum atomic E-state index is 5.18. The Bertz CT molecular complexity index is 172. The predicted molar refractivity (Wildman–Crippen MR) is 28.9 cm³/mol. The van der Waals surface area contributed by atoms with E-state index in [2.05, 4.69) is 5.10 Å². The van der Waals surface area contributed by atoms with Crippen LogP contribution in [0, 0.1) is 0 Å². The van der Waals surface area contributed by atoms with Crippen molar-refractivity contribution in [3.05, 3.63) is 12.3 Å². The number of nitrogen functional groups attached to an aromatic ring is 1. The maximum absolute atomic E-state index is 5.18. The Labute approximate surface area is 46.8 Å². The van der Waals surface area contributed by atoms with Gasteiger partial charge in [0.25, 0.3) is 0 Å². The first-order chi connectivity index (χ1) is 3.83. The molecule has 1 rings (SSSR count). The van der Waals surface area contributed by atoms with E-state index in [0.717, 1.165) is 0 Å². The van der Waals surface area contributed by atoms with Crippen LogP contribution in [0.3, 0.4) is 0 Å². The standard InChI is InChI=1S/C4H7N3O/c1-8-4-2-3-7(5)6-4/h2-3H,5H2,1H3. The molecule has 1 aromatic rings. The number of methoxy groups -OCH3 is 1. The molecule has 0 radical (unpaired) electrons. The van der Waals surface area contributed by atoms with Gasteiger partial charge in [-0.3, -0.25) is 0 Å². The smallest absolute Gasteiger partial charge is 0.234 e. The van der Waals surface area contributed by atoms with Crippen LogP contribution < -0.4 is 10.6 Å². The van der Waals surface area contributed by atoms with Crippen LogP contribution in [0.25, 0.3) is 0 Å². The molecule has 0 unspecified atom stereocenters. The van der Waals surface area contributed by atoms with Crippen LogP contribution >= 0.6 is 0 Å². The molecule has 0 aromatic carbocycles. The largest absolute Gasteiger partial charge is 0.480 e. The van der Waals surface area contributed by atoms with Gasteiger partial charge < -0.3 is 10.6 Å². The van der Waals surface area contributed by atoms with Gasteiger partial charge >= 0.3 is 0 Å². The van der Waals surface area contributed by atoms with Crippen LogP contribution in [-0.2, 0) is 0 Å². The average Bonchev–Trinajstić information content (AvgIpc) is 2.14. The summed E-state index contributed by atoms with van der Waals surface area (Å²) in [5, 5.41) is 3.70. The average molecular weight is 113 g/mol. The highest BCUT2D eigenvalue weighted by molar-refractivity contribution is 5.04. The number of nitrogens with zero attached hydrogens (tertiary/aromatic N) is 2. The van der Waals surface area contributed by atoms with Gasteiger partial charge in [0.2, 0.25) is 5.88 Å². The van der Waals surface area contributed by atoms with Crippen LogP contribution in [0.1, 0.15) is 0 Å². The Morgan fingerprint density at radius 3 is 2.88 bits per heavy atom. The van der Waals surface area contributed by atoms with Crippen molar-refractivity contribution in [1.29, 1.82) is 0 Å². The van der Waals surface area contributed by atoms with Gasteiger partial charge in [0.15, 0.2) is 0 Å². The molecule has 0 spiro atoms. The normalized spacial score (nSPS) is 9.12. The molecule has 8 heavy (non-hydrogen) atoms. The Morgan fingerprint density at radius 1 is 1.88 bits per heavy atom. The van der Waals surface area contributed by atoms with Gasteiger partial charge in [-0.05, 0) is 0 Å². The van der Waals surface area contributed by atoms with E-state index in [4.69, 9.17) is 10.6 Å². The Morgan fingerprint density at radius 2 is 2.62 bits per heavy atom. The molecule has 1 heterocycles. The Kier molecular flexibility index (Phi) is 1.07. The van der Waals surface area contributed by atoms with Crippen molar-refractivity contribution in [2.75, 3.05) is 13.0 Å². The van der Waals surface area contributed by atoms with Crippen LogP contribution in [0.2, 0.25) is 0 Å². The second kappa shape index (κ2) is 1.73. The van der Waals surface area contributed by atoms with E-state index in [0.29, 0.717) is 5.88 Å². The molecule has 0 bridgehead atoms. The summed E-state index contributed by atoms with van der Waals surface area (Å²) in [5.41, 5.74) is 0. The van der Waals surface area contributed by atoms with Gasteiger partial charge in [-0.1, -0.05) is 0 Å². The topological polar surface area (TPSA) is 53.1 Å². The molecule has 0 aliphatic heterocycles. The zero-order valence-corrected chi connectivity index (χ0v) is 4.53. The quantitative estimate of drug-likeness (QED) is 0.504. The van der Waals surface area contributed by atoms with Gasteiger partial charge in [0, 0.05) is 6.07 Å². The lowest BCUT2D eigenvalue weighted by Crippen LogP contribution is -2.07. The molecule has 0 aliphatic rings. The summed E-state index contributed by atoms with van der Waals surface area (Å²) in [4.78, 5) is 1.19. The van der Waals surface area contributed by atoms with Crippen LogP contribution in [-0.4, -0.2) is 17.0 Å². The highest BCUT2D eigenvalue weighted by atomic mass is 16.5. The summed E-state index contributed by atoms with van der Waals surface area (Å²) < 4.78 is 4.72. The van der Waals surface area contributed by atoms with E-state index in [9.17, 15) is 0 Å². The summed E-state index contributed by atoms with van der Waals surface area (Å²) >= 11 is 0. The van der Waals surface area contributed by atoms with Crippen molar-refractivity contribution in [1.82, 2.24) is 9.89 Å². The predicted octanol–water partition coefficient (Wildman–Crippen LogP) is -0.395. The van der Waals surface area contributed by atoms with Gasteiger partial charge in [0.05, 0.1) is 13.3 Å². The van der Waals surface area contributed by atoms with E-state index in [-0.39, 0.29) is 0 Å². The van der Waals surface area contributed by atoms with Gasteiger partial charge in [-0.25, -0.2) is 0 Å². The lowest BCUT2D eigenvalue weighted by Gasteiger charge is -1.87. The van der Waals surface area contributed by atoms with E-state index >= 15 is 0 Å². The third kappa shape index (κ3) is 0.726. The van der Waals surface area contributed by atoms with E-state index in [1.165, 1.54) is 4.79 Å². The van der Waals surface area contributed by atoms with Crippen molar-refractivity contribution in [3.63, 3.8) is 0 Å². The lowest BCUT2D eigenvalue weighted by molar-refractivity contribution is 0.393. The molecule has 0 saturated carbocycles. The first-order valence-electron chi connectivity index (χ1n) is 2.17. The highest BCUT2D eigenvalue weighted by Gasteiger charge is 1.89. The molecule has 4 heteroatoms. The molecule has 0 amide bonds. The second-order valence-corrected chi connectivity index (χ2v) is 1.34. The minimum Gasteiger partial charge on any atom is -0.480 e. The minimum absolute atomic E-state index is 0.535. The van der Waals surface area contributed by atoms with E-state index in [1.54, 1.807) is 19.4 Å². The van der Waals surface area contributed by atoms with E-state index < -0.39 is 0 Å². The molecular formula is C4H7N3O. The van der Waals surface area contributed by atoms with Crippen molar-refractivity contribution in [3.8, 4) is 5.88 Å². The summed E-state index contributed by atoms with van der Waals surface area (Å²) in [5.74, 6) is 5.71. The number of hydrogen-bond donors (Lipinski definition) is 1. The Hall–Kier alpha value is -1.19. The van der Waals surface area contributed by atoms with E-state index in [1.807, 2.05) is 0 Å². The zero-order chi connectivity index (χ0) is 5.98. The van der Waals surface area contributed by atoms with Gasteiger partial charge in [-0.2, -0.15) is 4.79 Å². The number of ether oxygens (including phenoxy) is 1. The Balaban J connectivity index is 2.84. The third-order valence-corrected chi connectivity index (χ3v) is 0.793. The molecule has 0 atom stereocenters. The van der Waals surface area contributed by atoms with Crippen molar-refractivity contribution in [2.45, 2.75) is 0 Å². The fourth-order valence-electron chi connectivity index (χ4n) is 0.429. The summed E-state index contributed by atoms with van der Waals surface area (Å²) in [7, 11) is 1.54. The van der Waals surface area contributed by atoms with Gasteiger partial charge in [-0.15, -0.1) is 5.10 Å². The summed E-state index contributed by atoms with van der Waals surface area (Å²) in [6.45, 7) is 0. The van der Waals surface area contributed by atoms with Crippen LogP contribution in [0.4, 0.5) is 0 Å². The number of rotatable bonds is 1. The first kappa shape index (κ1) is 4.96. The molecular weight excluding hydrogens is 106 g/mol. The monoisotopic (exact) mass is 113 g/mol. The van der Waals surface area contributed by atoms with Crippen molar-refractivity contribution in [2.24, 2.45) is 0 Å². The van der Waals surface area contributed by atoms with Gasteiger partial charge in [0.1, 0.15) is 0 Å². The summed E-state index contributed by atoms with van der Waals surface area (Å²) in [6, 6.07) is 1.68. The molecule has 2 N–H and O–H groups in total. The molecule has 0 fully saturated rings. The zero-order valence-electron chi connectivity index (χ0n) is 4.53. The third-order valence-electron chi connectivity index (χ3n) is 0.793. The second-order valence-electron chi connectivity index (χ2n) is 1.34. The summed E-state index contributed by atoms with van der Waals surface area (Å²) in [6.07, 6.45) is 1.61. The fourth-order valence-corrected chi connectivity index (χ4v) is 0.429. The molecule has 1 aromatic heterocycles. The molecule has 0 aliphatic carbocycles. The number of aromatic nitrogens is 2. The highest BCUT2D eigenvalue weighted by Crippen LogP contribution is 1.99. The van der Waals surface area contributed by atoms with Crippen molar-refractivity contribution < 1.29 is 4.74 Å². The molecule has 4 nitrogen and oxygen atoms in total. The SMILES string of the molecule is COc1ccn(N)n1. The molecule has 0 saturated heterocycles. The number of nitrogens with two attached hydrogens (primary N) is 1. The minimum atomic E-state index is 0.535. The lowest BCUT2D eigenvalue weighted by atomic mass is 10.7. The van der Waals surface area contributed by atoms with Crippen LogP contribution in [0.15, 0.2) is 12.3 Å². The fraction of sp³-hybridized carbons (Fsp3) is 0.250. The number of hydrogen-bond acceptors (Lipinski definition) is 3. The van der Waals surface area contributed by atoms with Crippen LogP contribution in [0.5, 0.6) is 5.88 Å². The van der Waals surface area contributed by atoms with Crippen molar-refractivity contribution >= 4 is 0 Å². The maximum Gasteiger partial charge on any atom is 0.234 e. The first-order valence-corrected chi connectivity index (χ1v) is 2.17. The molecule has 44 valence electrons.